The van der Waals surface area contributed by atoms with E-state index in [1.54, 1.807) is 6.92 Å². The zero-order valence-corrected chi connectivity index (χ0v) is 13.7. The second-order valence-electron chi connectivity index (χ2n) is 4.98. The molecule has 0 unspecified atom stereocenters. The monoisotopic (exact) mass is 329 g/mol. The van der Waals surface area contributed by atoms with Crippen LogP contribution in [0.25, 0.3) is 0 Å². The lowest BCUT2D eigenvalue weighted by atomic mass is 9.95. The molecule has 6 heteroatoms. The molecular weight excluding hydrogens is 310 g/mol. The van der Waals surface area contributed by atoms with Crippen LogP contribution in [0.2, 0.25) is 0 Å². The Morgan fingerprint density at radius 3 is 2.81 bits per heavy atom. The van der Waals surface area contributed by atoms with Crippen LogP contribution < -0.4 is 5.32 Å². The van der Waals surface area contributed by atoms with Gasteiger partial charge in [-0.2, -0.15) is 0 Å². The molecule has 1 aromatic rings. The Hall–Kier alpha value is -1.07. The Morgan fingerprint density at radius 1 is 1.33 bits per heavy atom. The van der Waals surface area contributed by atoms with Gasteiger partial charge in [0, 0.05) is 17.2 Å². The molecule has 1 aromatic heterocycles. The highest BCUT2D eigenvalue weighted by Crippen LogP contribution is 2.38. The molecule has 4 nitrogen and oxygen atoms in total. The molecule has 1 N–H and O–H groups in total. The number of thiophene rings is 1. The second-order valence-corrected chi connectivity index (χ2v) is 6.46. The fourth-order valence-corrected chi connectivity index (χ4v) is 3.92. The number of nitrogens with one attached hydrogen (secondary N) is 1. The minimum absolute atomic E-state index is 0.0974. The number of fused-ring (bicyclic) bond motifs is 1. The predicted molar refractivity (Wildman–Crippen MR) is 85.5 cm³/mol. The van der Waals surface area contributed by atoms with Gasteiger partial charge in [0.1, 0.15) is 5.00 Å². The van der Waals surface area contributed by atoms with Crippen molar-refractivity contribution in [3.8, 4) is 0 Å². The van der Waals surface area contributed by atoms with E-state index in [1.807, 2.05) is 0 Å². The standard InChI is InChI=1S/C15H20ClNO3S/c1-2-20-15(19)13-10-6-3-4-7-11(10)21-14(13)17-12(18)8-5-9-16/h2-9H2,1H3,(H,17,18). The number of alkyl halides is 1. The molecule has 0 aromatic carbocycles. The van der Waals surface area contributed by atoms with Crippen LogP contribution in [-0.2, 0) is 22.4 Å². The first-order valence-electron chi connectivity index (χ1n) is 7.34. The Kier molecular flexibility index (Phi) is 6.06. The van der Waals surface area contributed by atoms with Crippen LogP contribution in [0.15, 0.2) is 0 Å². The summed E-state index contributed by atoms with van der Waals surface area (Å²) >= 11 is 7.11. The van der Waals surface area contributed by atoms with Crippen molar-refractivity contribution in [3.05, 3.63) is 16.0 Å². The minimum atomic E-state index is -0.329. The Balaban J connectivity index is 2.24. The lowest BCUT2D eigenvalue weighted by Gasteiger charge is -2.12. The van der Waals surface area contributed by atoms with Gasteiger partial charge in [-0.05, 0) is 44.6 Å². The van der Waals surface area contributed by atoms with Gasteiger partial charge in [-0.1, -0.05) is 0 Å². The number of ether oxygens (including phenoxy) is 1. The van der Waals surface area contributed by atoms with E-state index >= 15 is 0 Å². The molecule has 0 radical (unpaired) electrons. The van der Waals surface area contributed by atoms with Crippen LogP contribution in [0.5, 0.6) is 0 Å². The molecule has 2 rings (SSSR count). The first-order valence-corrected chi connectivity index (χ1v) is 8.70. The van der Waals surface area contributed by atoms with Crippen LogP contribution in [0.3, 0.4) is 0 Å². The number of aryl methyl sites for hydroxylation is 1. The van der Waals surface area contributed by atoms with Gasteiger partial charge in [0.15, 0.2) is 0 Å². The SMILES string of the molecule is CCOC(=O)c1c(NC(=O)CCCCl)sc2c1CCCC2. The highest BCUT2D eigenvalue weighted by molar-refractivity contribution is 7.17. The van der Waals surface area contributed by atoms with Crippen molar-refractivity contribution in [1.29, 1.82) is 0 Å². The highest BCUT2D eigenvalue weighted by Gasteiger charge is 2.27. The zero-order chi connectivity index (χ0) is 15.2. The van der Waals surface area contributed by atoms with Gasteiger partial charge in [0.2, 0.25) is 5.91 Å². The molecule has 1 aliphatic carbocycles. The first-order chi connectivity index (χ1) is 10.2. The maximum atomic E-state index is 12.2. The molecule has 1 heterocycles. The van der Waals surface area contributed by atoms with Gasteiger partial charge in [-0.3, -0.25) is 4.79 Å². The van der Waals surface area contributed by atoms with Crippen molar-refractivity contribution < 1.29 is 14.3 Å². The third kappa shape index (κ3) is 3.98. The van der Waals surface area contributed by atoms with E-state index in [2.05, 4.69) is 5.32 Å². The zero-order valence-electron chi connectivity index (χ0n) is 12.2. The van der Waals surface area contributed by atoms with Crippen molar-refractivity contribution in [2.24, 2.45) is 0 Å². The molecule has 0 spiro atoms. The average molecular weight is 330 g/mol. The maximum Gasteiger partial charge on any atom is 0.341 e. The number of carbonyl (C=O) groups is 2. The molecule has 0 fully saturated rings. The highest BCUT2D eigenvalue weighted by atomic mass is 35.5. The quantitative estimate of drug-likeness (QED) is 0.638. The van der Waals surface area contributed by atoms with E-state index in [4.69, 9.17) is 16.3 Å². The van der Waals surface area contributed by atoms with Crippen LogP contribution in [0, 0.1) is 0 Å². The molecule has 0 atom stereocenters. The van der Waals surface area contributed by atoms with Crippen LogP contribution >= 0.6 is 22.9 Å². The number of esters is 1. The van der Waals surface area contributed by atoms with Gasteiger partial charge >= 0.3 is 5.97 Å². The summed E-state index contributed by atoms with van der Waals surface area (Å²) in [4.78, 5) is 25.3. The van der Waals surface area contributed by atoms with Crippen molar-refractivity contribution in [1.82, 2.24) is 0 Å². The summed E-state index contributed by atoms with van der Waals surface area (Å²) in [5.41, 5.74) is 1.63. The van der Waals surface area contributed by atoms with Crippen LogP contribution in [0.1, 0.15) is 53.4 Å². The molecule has 116 valence electrons. The summed E-state index contributed by atoms with van der Waals surface area (Å²) in [5, 5.41) is 3.50. The van der Waals surface area contributed by atoms with E-state index < -0.39 is 0 Å². The number of carbonyl (C=O) groups excluding carboxylic acids is 2. The van der Waals surface area contributed by atoms with E-state index in [0.717, 1.165) is 31.2 Å². The van der Waals surface area contributed by atoms with E-state index in [9.17, 15) is 9.59 Å². The lowest BCUT2D eigenvalue weighted by Crippen LogP contribution is -2.15. The summed E-state index contributed by atoms with van der Waals surface area (Å²) in [5.74, 6) is 0.0309. The lowest BCUT2D eigenvalue weighted by molar-refractivity contribution is -0.116. The molecule has 0 saturated carbocycles. The third-order valence-electron chi connectivity index (χ3n) is 3.44. The maximum absolute atomic E-state index is 12.2. The predicted octanol–water partition coefficient (Wildman–Crippen LogP) is 3.76. The van der Waals surface area contributed by atoms with E-state index in [-0.39, 0.29) is 11.9 Å². The number of amides is 1. The number of anilines is 1. The van der Waals surface area contributed by atoms with Crippen molar-refractivity contribution >= 4 is 39.8 Å². The topological polar surface area (TPSA) is 55.4 Å². The van der Waals surface area contributed by atoms with E-state index in [0.29, 0.717) is 35.9 Å². The Morgan fingerprint density at radius 2 is 2.10 bits per heavy atom. The Bertz CT molecular complexity index is 527. The largest absolute Gasteiger partial charge is 0.462 e. The Labute approximate surface area is 133 Å². The summed E-state index contributed by atoms with van der Waals surface area (Å²) in [6, 6.07) is 0. The number of halogens is 1. The third-order valence-corrected chi connectivity index (χ3v) is 4.92. The summed E-state index contributed by atoms with van der Waals surface area (Å²) in [6.07, 6.45) is 5.08. The van der Waals surface area contributed by atoms with Crippen LogP contribution in [-0.4, -0.2) is 24.4 Å². The first kappa shape index (κ1) is 16.3. The van der Waals surface area contributed by atoms with Gasteiger partial charge < -0.3 is 10.1 Å². The van der Waals surface area contributed by atoms with Crippen molar-refractivity contribution in [3.63, 3.8) is 0 Å². The fourth-order valence-electron chi connectivity index (χ4n) is 2.49. The molecule has 21 heavy (non-hydrogen) atoms. The smallest absolute Gasteiger partial charge is 0.341 e. The van der Waals surface area contributed by atoms with E-state index in [1.165, 1.54) is 16.2 Å². The van der Waals surface area contributed by atoms with Gasteiger partial charge in [-0.15, -0.1) is 22.9 Å². The molecule has 0 saturated heterocycles. The summed E-state index contributed by atoms with van der Waals surface area (Å²) < 4.78 is 5.15. The number of rotatable bonds is 6. The number of hydrogen-bond donors (Lipinski definition) is 1. The normalized spacial score (nSPS) is 13.6. The van der Waals surface area contributed by atoms with Gasteiger partial charge in [0.05, 0.1) is 12.2 Å². The molecule has 0 bridgehead atoms. The molecule has 0 aliphatic heterocycles. The number of hydrogen-bond acceptors (Lipinski definition) is 4. The molecular formula is C15H20ClNO3S. The van der Waals surface area contributed by atoms with Crippen molar-refractivity contribution in [2.75, 3.05) is 17.8 Å². The average Bonchev–Trinajstić information content (AvgIpc) is 2.83. The molecule has 1 aliphatic rings. The minimum Gasteiger partial charge on any atom is -0.462 e. The fraction of sp³-hybridized carbons (Fsp3) is 0.600. The van der Waals surface area contributed by atoms with Gasteiger partial charge in [-0.25, -0.2) is 4.79 Å². The van der Waals surface area contributed by atoms with Gasteiger partial charge in [0.25, 0.3) is 0 Å². The summed E-state index contributed by atoms with van der Waals surface area (Å²) in [6.45, 7) is 2.12. The van der Waals surface area contributed by atoms with Crippen LogP contribution in [0.4, 0.5) is 5.00 Å². The molecule has 1 amide bonds. The van der Waals surface area contributed by atoms with Crippen molar-refractivity contribution in [2.45, 2.75) is 45.4 Å². The summed E-state index contributed by atoms with van der Waals surface area (Å²) in [7, 11) is 0. The second kappa shape index (κ2) is 7.80.